The van der Waals surface area contributed by atoms with Crippen LogP contribution in [-0.4, -0.2) is 146 Å². The van der Waals surface area contributed by atoms with Gasteiger partial charge >= 0.3 is 11.9 Å². The number of aliphatic carboxylic acids is 2. The molecule has 0 bridgehead atoms. The molecule has 4 unspecified atom stereocenters. The van der Waals surface area contributed by atoms with Crippen LogP contribution in [0.4, 0.5) is 0 Å². The molecule has 0 aromatic heterocycles. The van der Waals surface area contributed by atoms with E-state index >= 15 is 0 Å². The summed E-state index contributed by atoms with van der Waals surface area (Å²) in [5, 5.41) is 39.3. The van der Waals surface area contributed by atoms with Crippen LogP contribution in [0.5, 0.6) is 0 Å². The number of rotatable bonds is 31. The Labute approximate surface area is 314 Å². The smallest absolute Gasteiger partial charge is 0.320 e. The molecule has 0 aliphatic rings. The van der Waals surface area contributed by atoms with E-state index in [1.54, 1.807) is 0 Å². The van der Waals surface area contributed by atoms with Crippen molar-refractivity contribution in [3.05, 3.63) is 0 Å². The summed E-state index contributed by atoms with van der Waals surface area (Å²) >= 11 is 8.08. The van der Waals surface area contributed by atoms with Gasteiger partial charge in [0, 0.05) is 37.4 Å². The zero-order valence-corrected chi connectivity index (χ0v) is 31.0. The summed E-state index contributed by atoms with van der Waals surface area (Å²) in [6.45, 7) is 3.23. The van der Waals surface area contributed by atoms with E-state index in [4.69, 9.17) is 21.7 Å². The fourth-order valence-corrected chi connectivity index (χ4v) is 4.59. The largest absolute Gasteiger partial charge is 0.480 e. The molecule has 6 amide bonds. The van der Waals surface area contributed by atoms with Gasteiger partial charge < -0.3 is 64.2 Å². The van der Waals surface area contributed by atoms with E-state index in [9.17, 15) is 38.4 Å². The number of hydrogen-bond donors (Lipinski definition) is 14. The molecular formula is C30H56N10O10S2. The van der Waals surface area contributed by atoms with Crippen LogP contribution in [0.25, 0.3) is 0 Å². The Bertz CT molecular complexity index is 1070. The highest BCUT2D eigenvalue weighted by molar-refractivity contribution is 7.80. The molecule has 298 valence electrons. The van der Waals surface area contributed by atoms with Crippen molar-refractivity contribution >= 4 is 72.6 Å². The second-order valence-corrected chi connectivity index (χ2v) is 12.4. The maximum atomic E-state index is 12.3. The molecule has 0 rings (SSSR count). The Balaban J connectivity index is 3.80. The molecular weight excluding hydrogens is 725 g/mol. The number of thiol groups is 2. The molecule has 0 aliphatic heterocycles. The zero-order chi connectivity index (χ0) is 39.3. The number of carboxylic acids is 2. The fraction of sp³-hybridized carbons (Fsp3) is 0.733. The van der Waals surface area contributed by atoms with Crippen LogP contribution in [0.2, 0.25) is 0 Å². The molecule has 0 spiro atoms. The van der Waals surface area contributed by atoms with Gasteiger partial charge in [-0.05, 0) is 64.7 Å². The van der Waals surface area contributed by atoms with E-state index in [0.717, 1.165) is 25.9 Å². The lowest BCUT2D eigenvalue weighted by atomic mass is 10.1. The van der Waals surface area contributed by atoms with Crippen molar-refractivity contribution in [1.29, 1.82) is 0 Å². The molecule has 0 saturated heterocycles. The highest BCUT2D eigenvalue weighted by Gasteiger charge is 2.22. The summed E-state index contributed by atoms with van der Waals surface area (Å²) in [6.07, 6.45) is 2.71. The predicted molar refractivity (Wildman–Crippen MR) is 198 cm³/mol. The second kappa shape index (κ2) is 29.8. The third kappa shape index (κ3) is 25.3. The number of nitrogens with one attached hydrogen (secondary N) is 8. The summed E-state index contributed by atoms with van der Waals surface area (Å²) in [5.74, 6) is -5.53. The number of hydrogen-bond acceptors (Lipinski definition) is 14. The standard InChI is InChI=1S/C30H56N10O10S2/c31-19(29(47)48)5-7-23(41)39-21(17-51)27(45)37-15-25(43)35-13-3-11-33-9-1-2-10-34-12-4-14-36-26(44)16-38-28(46)22(18-52)40-24(42)8-6-20(32)30(49)50/h19-22,33-34,51-52H,1-18,31-32H2,(H,35,43)(H,36,44)(H,37,45)(H,38,46)(H,39,41)(H,40,42)(H,47,48)(H,49,50). The number of carbonyl (C=O) groups is 8. The monoisotopic (exact) mass is 780 g/mol. The number of carboxylic acid groups (broad SMARTS) is 2. The quantitative estimate of drug-likeness (QED) is 0.0233. The van der Waals surface area contributed by atoms with Gasteiger partial charge in [0.2, 0.25) is 35.4 Å². The first-order valence-electron chi connectivity index (χ1n) is 17.0. The van der Waals surface area contributed by atoms with Crippen molar-refractivity contribution in [3.63, 3.8) is 0 Å². The molecule has 0 radical (unpaired) electrons. The molecule has 0 aromatic rings. The summed E-state index contributed by atoms with van der Waals surface area (Å²) in [4.78, 5) is 94.0. The molecule has 0 aromatic carbocycles. The average molecular weight is 781 g/mol. The maximum absolute atomic E-state index is 12.3. The summed E-state index contributed by atoms with van der Waals surface area (Å²) in [5.41, 5.74) is 10.7. The van der Waals surface area contributed by atoms with E-state index in [1.165, 1.54) is 0 Å². The van der Waals surface area contributed by atoms with E-state index in [-0.39, 0.29) is 62.1 Å². The molecule has 0 fully saturated rings. The molecule has 0 heterocycles. The normalized spacial score (nSPS) is 13.1. The lowest BCUT2D eigenvalue weighted by molar-refractivity contribution is -0.140. The van der Waals surface area contributed by atoms with E-state index in [0.29, 0.717) is 39.0 Å². The van der Waals surface area contributed by atoms with Gasteiger partial charge in [0.1, 0.15) is 24.2 Å². The minimum atomic E-state index is -1.23. The highest BCUT2D eigenvalue weighted by Crippen LogP contribution is 1.99. The van der Waals surface area contributed by atoms with Crippen molar-refractivity contribution in [1.82, 2.24) is 42.5 Å². The molecule has 20 nitrogen and oxygen atoms in total. The number of carbonyl (C=O) groups excluding carboxylic acids is 6. The van der Waals surface area contributed by atoms with Gasteiger partial charge in [-0.1, -0.05) is 0 Å². The average Bonchev–Trinajstić information content (AvgIpc) is 3.11. The van der Waals surface area contributed by atoms with Crippen molar-refractivity contribution in [2.75, 3.05) is 63.9 Å². The summed E-state index contributed by atoms with van der Waals surface area (Å²) in [7, 11) is 0. The third-order valence-electron chi connectivity index (χ3n) is 7.18. The SMILES string of the molecule is NC(CCC(=O)NC(CS)C(=O)NCC(=O)NCCCNCCCCNCCCNC(=O)CNC(=O)C(CS)NC(=O)CCC(N)C(=O)O)C(=O)O. The molecule has 0 saturated carbocycles. The van der Waals surface area contributed by atoms with Crippen molar-refractivity contribution in [2.45, 2.75) is 75.5 Å². The van der Waals surface area contributed by atoms with Crippen LogP contribution < -0.4 is 54.0 Å². The van der Waals surface area contributed by atoms with Crippen molar-refractivity contribution < 1.29 is 48.6 Å². The highest BCUT2D eigenvalue weighted by atomic mass is 32.1. The van der Waals surface area contributed by atoms with Crippen LogP contribution >= 0.6 is 25.3 Å². The van der Waals surface area contributed by atoms with Crippen LogP contribution in [0, 0.1) is 0 Å². The van der Waals surface area contributed by atoms with Gasteiger partial charge in [-0.2, -0.15) is 25.3 Å². The van der Waals surface area contributed by atoms with Crippen LogP contribution in [0.15, 0.2) is 0 Å². The Kier molecular flexibility index (Phi) is 27.7. The summed E-state index contributed by atoms with van der Waals surface area (Å²) < 4.78 is 0. The van der Waals surface area contributed by atoms with Crippen LogP contribution in [0.1, 0.15) is 51.4 Å². The van der Waals surface area contributed by atoms with Gasteiger partial charge in [-0.3, -0.25) is 38.4 Å². The van der Waals surface area contributed by atoms with Gasteiger partial charge in [-0.15, -0.1) is 0 Å². The first kappa shape index (κ1) is 48.3. The van der Waals surface area contributed by atoms with E-state index in [1.807, 2.05) is 0 Å². The van der Waals surface area contributed by atoms with Crippen molar-refractivity contribution in [3.8, 4) is 0 Å². The Morgan fingerprint density at radius 2 is 0.846 bits per heavy atom. The minimum Gasteiger partial charge on any atom is -0.480 e. The first-order chi connectivity index (χ1) is 24.7. The number of nitrogens with two attached hydrogens (primary N) is 2. The molecule has 14 N–H and O–H groups in total. The van der Waals surface area contributed by atoms with E-state index in [2.05, 4.69) is 67.8 Å². The number of amides is 6. The van der Waals surface area contributed by atoms with Gasteiger partial charge in [0.15, 0.2) is 0 Å². The zero-order valence-electron chi connectivity index (χ0n) is 29.2. The lowest BCUT2D eigenvalue weighted by Gasteiger charge is -2.17. The van der Waals surface area contributed by atoms with Gasteiger partial charge in [0.05, 0.1) is 13.1 Å². The van der Waals surface area contributed by atoms with Gasteiger partial charge in [-0.25, -0.2) is 0 Å². The maximum Gasteiger partial charge on any atom is 0.320 e. The fourth-order valence-electron chi connectivity index (χ4n) is 4.08. The minimum absolute atomic E-state index is 0.0148. The van der Waals surface area contributed by atoms with Gasteiger partial charge in [0.25, 0.3) is 0 Å². The Morgan fingerprint density at radius 1 is 0.500 bits per heavy atom. The Hall–Kier alpha value is -3.70. The number of unbranched alkanes of at least 4 members (excludes halogenated alkanes) is 1. The van der Waals surface area contributed by atoms with Crippen LogP contribution in [-0.2, 0) is 38.4 Å². The van der Waals surface area contributed by atoms with Crippen molar-refractivity contribution in [2.24, 2.45) is 11.5 Å². The molecule has 22 heteroatoms. The predicted octanol–water partition coefficient (Wildman–Crippen LogP) is -4.60. The molecule has 0 aliphatic carbocycles. The lowest BCUT2D eigenvalue weighted by Crippen LogP contribution is -2.50. The van der Waals surface area contributed by atoms with E-state index < -0.39 is 59.7 Å². The molecule has 52 heavy (non-hydrogen) atoms. The Morgan fingerprint density at radius 3 is 1.17 bits per heavy atom. The van der Waals surface area contributed by atoms with Crippen LogP contribution in [0.3, 0.4) is 0 Å². The second-order valence-electron chi connectivity index (χ2n) is 11.6. The summed E-state index contributed by atoms with van der Waals surface area (Å²) in [6, 6.07) is -4.34. The first-order valence-corrected chi connectivity index (χ1v) is 18.3. The molecule has 4 atom stereocenters. The third-order valence-corrected chi connectivity index (χ3v) is 7.91. The topological polar surface area (TPSA) is 325 Å².